The van der Waals surface area contributed by atoms with Crippen molar-refractivity contribution < 1.29 is 13.2 Å². The van der Waals surface area contributed by atoms with Crippen LogP contribution in [-0.4, -0.2) is 50.5 Å². The normalized spacial score (nSPS) is 16.1. The highest BCUT2D eigenvalue weighted by Gasteiger charge is 2.26. The summed E-state index contributed by atoms with van der Waals surface area (Å²) in [6.07, 6.45) is 3.82. The number of nitrogens with zero attached hydrogens (tertiary/aromatic N) is 3. The third-order valence-electron chi connectivity index (χ3n) is 5.77. The lowest BCUT2D eigenvalue weighted by Crippen LogP contribution is -2.43. The van der Waals surface area contributed by atoms with Crippen LogP contribution in [-0.2, 0) is 21.9 Å². The van der Waals surface area contributed by atoms with Crippen LogP contribution in [0.4, 0.5) is 0 Å². The Balaban J connectivity index is 1.35. The van der Waals surface area contributed by atoms with Gasteiger partial charge in [-0.25, -0.2) is 13.1 Å². The number of carbonyl (C=O) groups is 1. The van der Waals surface area contributed by atoms with Gasteiger partial charge in [-0.05, 0) is 53.8 Å². The minimum atomic E-state index is -3.80. The molecule has 1 aromatic heterocycles. The van der Waals surface area contributed by atoms with Crippen LogP contribution in [0, 0.1) is 0 Å². The number of halogens is 1. The van der Waals surface area contributed by atoms with Crippen molar-refractivity contribution in [1.82, 2.24) is 14.2 Å². The number of amides is 1. The van der Waals surface area contributed by atoms with Gasteiger partial charge in [-0.2, -0.15) is 0 Å². The first-order valence-corrected chi connectivity index (χ1v) is 13.0. The quantitative estimate of drug-likeness (QED) is 0.594. The number of carbonyl (C=O) groups excluding carboxylic acids is 1. The fourth-order valence-electron chi connectivity index (χ4n) is 3.97. The topological polar surface area (TPSA) is 83.8 Å². The van der Waals surface area contributed by atoms with Gasteiger partial charge in [0.05, 0.1) is 11.4 Å². The zero-order chi connectivity index (χ0) is 22.9. The van der Waals surface area contributed by atoms with Crippen LogP contribution < -0.4 is 9.52 Å². The summed E-state index contributed by atoms with van der Waals surface area (Å²) in [6, 6.07) is 10.1. The van der Waals surface area contributed by atoms with Gasteiger partial charge in [-0.15, -0.1) is 11.3 Å². The van der Waals surface area contributed by atoms with Crippen LogP contribution in [0.3, 0.4) is 0 Å². The molecule has 0 spiro atoms. The van der Waals surface area contributed by atoms with Gasteiger partial charge in [-0.3, -0.25) is 9.79 Å². The van der Waals surface area contributed by atoms with E-state index in [-0.39, 0.29) is 17.3 Å². The van der Waals surface area contributed by atoms with E-state index in [0.717, 1.165) is 28.4 Å². The zero-order valence-corrected chi connectivity index (χ0v) is 20.3. The Hall–Kier alpha value is -2.20. The van der Waals surface area contributed by atoms with Crippen LogP contribution in [0.1, 0.15) is 23.6 Å². The predicted molar refractivity (Wildman–Crippen MR) is 127 cm³/mol. The molecule has 0 unspecified atom stereocenters. The van der Waals surface area contributed by atoms with Crippen LogP contribution in [0.5, 0.6) is 0 Å². The summed E-state index contributed by atoms with van der Waals surface area (Å²) < 4.78 is 29.9. The maximum Gasteiger partial charge on any atom is 0.241 e. The smallest absolute Gasteiger partial charge is 0.241 e. The molecule has 1 aliphatic heterocycles. The van der Waals surface area contributed by atoms with E-state index in [0.29, 0.717) is 24.0 Å². The number of hydrogen-bond acceptors (Lipinski definition) is 5. The molecule has 10 heteroatoms. The van der Waals surface area contributed by atoms with Gasteiger partial charge in [0.15, 0.2) is 4.80 Å². The lowest BCUT2D eigenvalue weighted by atomic mass is 9.96. The first kappa shape index (κ1) is 23.0. The highest BCUT2D eigenvalue weighted by atomic mass is 35.5. The molecular weight excluding hydrogens is 468 g/mol. The molecule has 3 aromatic rings. The molecule has 0 bridgehead atoms. The third kappa shape index (κ3) is 4.91. The summed E-state index contributed by atoms with van der Waals surface area (Å²) in [4.78, 5) is 21.0. The molecule has 0 radical (unpaired) electrons. The van der Waals surface area contributed by atoms with E-state index >= 15 is 0 Å². The molecule has 0 saturated carbocycles. The minimum absolute atomic E-state index is 0.126. The lowest BCUT2D eigenvalue weighted by molar-refractivity contribution is -0.130. The van der Waals surface area contributed by atoms with E-state index in [1.165, 1.54) is 10.9 Å². The maximum atomic E-state index is 12.7. The minimum Gasteiger partial charge on any atom is -0.342 e. The molecule has 1 N–H and O–H groups in total. The summed E-state index contributed by atoms with van der Waals surface area (Å²) in [5.74, 6) is 0.189. The summed E-state index contributed by atoms with van der Waals surface area (Å²) in [5, 5.41) is 2.22. The van der Waals surface area contributed by atoms with Crippen molar-refractivity contribution in [2.45, 2.75) is 23.7 Å². The molecule has 2 heterocycles. The second-order valence-corrected chi connectivity index (χ2v) is 11.1. The van der Waals surface area contributed by atoms with Crippen molar-refractivity contribution in [3.8, 4) is 0 Å². The Bertz CT molecular complexity index is 1320. The van der Waals surface area contributed by atoms with Crippen molar-refractivity contribution in [2.75, 3.05) is 26.7 Å². The van der Waals surface area contributed by atoms with E-state index in [9.17, 15) is 13.2 Å². The number of thiazole rings is 1. The summed E-state index contributed by atoms with van der Waals surface area (Å²) >= 11 is 7.67. The van der Waals surface area contributed by atoms with Gasteiger partial charge in [0.25, 0.3) is 0 Å². The number of benzene rings is 2. The summed E-state index contributed by atoms with van der Waals surface area (Å²) in [5.41, 5.74) is 0. The lowest BCUT2D eigenvalue weighted by Gasteiger charge is -2.31. The molecule has 1 amide bonds. The number of piperidine rings is 1. The van der Waals surface area contributed by atoms with E-state index in [1.54, 1.807) is 53.6 Å². The number of likely N-dealkylation sites (tertiary alicyclic amines) is 1. The van der Waals surface area contributed by atoms with E-state index in [4.69, 9.17) is 11.6 Å². The van der Waals surface area contributed by atoms with Crippen LogP contribution in [0.25, 0.3) is 10.8 Å². The van der Waals surface area contributed by atoms with E-state index in [2.05, 4.69) is 15.9 Å². The maximum absolute atomic E-state index is 12.7. The Labute approximate surface area is 196 Å². The monoisotopic (exact) mass is 492 g/mol. The number of hydrogen-bond donors (Lipinski definition) is 1. The molecule has 2 aromatic carbocycles. The fourth-order valence-corrected chi connectivity index (χ4v) is 6.27. The molecule has 4 rings (SSSR count). The number of fused-ring (bicyclic) bond motifs is 1. The van der Waals surface area contributed by atoms with Crippen LogP contribution >= 0.6 is 22.9 Å². The molecule has 0 aliphatic carbocycles. The molecule has 1 aliphatic rings. The Morgan fingerprint density at radius 2 is 1.88 bits per heavy atom. The highest BCUT2D eigenvalue weighted by Crippen LogP contribution is 2.29. The van der Waals surface area contributed by atoms with Crippen molar-refractivity contribution in [2.24, 2.45) is 12.0 Å². The van der Waals surface area contributed by atoms with Gasteiger partial charge in [0, 0.05) is 43.3 Å². The predicted octanol–water partition coefficient (Wildman–Crippen LogP) is 3.11. The number of aryl methyl sites for hydroxylation is 1. The molecule has 7 nitrogen and oxygen atoms in total. The first-order chi connectivity index (χ1) is 15.3. The SMILES string of the molecule is C/N=c1\sc(C2CCN(C(=O)CNS(=O)(=O)c3ccc4cc(Cl)ccc4c3)CC2)cn1C. The molecule has 0 atom stereocenters. The van der Waals surface area contributed by atoms with Crippen molar-refractivity contribution in [1.29, 1.82) is 0 Å². The van der Waals surface area contributed by atoms with Gasteiger partial charge < -0.3 is 9.47 Å². The van der Waals surface area contributed by atoms with Gasteiger partial charge >= 0.3 is 0 Å². The zero-order valence-electron chi connectivity index (χ0n) is 17.9. The van der Waals surface area contributed by atoms with Crippen molar-refractivity contribution in [3.05, 3.63) is 57.3 Å². The average Bonchev–Trinajstić information content (AvgIpc) is 3.17. The molecule has 1 fully saturated rings. The van der Waals surface area contributed by atoms with Gasteiger partial charge in [-0.1, -0.05) is 23.7 Å². The van der Waals surface area contributed by atoms with Crippen molar-refractivity contribution >= 4 is 49.6 Å². The van der Waals surface area contributed by atoms with E-state index < -0.39 is 10.0 Å². The standard InChI is InChI=1S/C22H25ClN4O3S2/c1-24-22-26(2)14-20(31-22)15-7-9-27(10-8-15)21(28)13-25-32(29,30)19-6-4-16-11-18(23)5-3-17(16)12-19/h3-6,11-12,14-15,25H,7-10,13H2,1-2H3/b24-22-. The Kier molecular flexibility index (Phi) is 6.71. The molecule has 170 valence electrons. The van der Waals surface area contributed by atoms with E-state index in [1.807, 2.05) is 11.6 Å². The van der Waals surface area contributed by atoms with Crippen LogP contribution in [0.15, 0.2) is 52.5 Å². The largest absolute Gasteiger partial charge is 0.342 e. The van der Waals surface area contributed by atoms with Crippen LogP contribution in [0.2, 0.25) is 5.02 Å². The number of sulfonamides is 1. The number of nitrogens with one attached hydrogen (secondary N) is 1. The van der Waals surface area contributed by atoms with Crippen molar-refractivity contribution in [3.63, 3.8) is 0 Å². The summed E-state index contributed by atoms with van der Waals surface area (Å²) in [7, 11) is -0.0292. The van der Waals surface area contributed by atoms with Gasteiger partial charge in [0.2, 0.25) is 15.9 Å². The third-order valence-corrected chi connectivity index (χ3v) is 8.73. The first-order valence-electron chi connectivity index (χ1n) is 10.3. The highest BCUT2D eigenvalue weighted by molar-refractivity contribution is 7.89. The Morgan fingerprint density at radius 3 is 2.56 bits per heavy atom. The molecule has 32 heavy (non-hydrogen) atoms. The fraction of sp³-hybridized carbons (Fsp3) is 0.364. The molecular formula is C22H25ClN4O3S2. The Morgan fingerprint density at radius 1 is 1.19 bits per heavy atom. The number of aromatic nitrogens is 1. The molecule has 1 saturated heterocycles. The second-order valence-electron chi connectivity index (χ2n) is 7.88. The second kappa shape index (κ2) is 9.35. The number of rotatable bonds is 5. The average molecular weight is 493 g/mol. The van der Waals surface area contributed by atoms with Gasteiger partial charge in [0.1, 0.15) is 0 Å². The summed E-state index contributed by atoms with van der Waals surface area (Å²) in [6.45, 7) is 0.975.